The molecule has 0 aliphatic heterocycles. The molecule has 0 atom stereocenters. The van der Waals surface area contributed by atoms with Gasteiger partial charge in [0, 0.05) is 6.54 Å². The van der Waals surface area contributed by atoms with Gasteiger partial charge in [0.2, 0.25) is 0 Å². The van der Waals surface area contributed by atoms with Crippen molar-refractivity contribution in [2.24, 2.45) is 0 Å². The van der Waals surface area contributed by atoms with Crippen molar-refractivity contribution in [2.45, 2.75) is 26.9 Å². The molecule has 0 saturated heterocycles. The molecule has 1 aromatic carbocycles. The SMILES string of the molecule is CCN(CC)CCn1c(N)[n+](CC(=O)OC)c2ccccc21. The number of aromatic nitrogens is 2. The van der Waals surface area contributed by atoms with E-state index in [1.165, 1.54) is 7.11 Å². The van der Waals surface area contributed by atoms with Gasteiger partial charge in [-0.1, -0.05) is 26.0 Å². The van der Waals surface area contributed by atoms with Crippen LogP contribution in [0.15, 0.2) is 24.3 Å². The second-order valence-corrected chi connectivity index (χ2v) is 5.19. The molecule has 2 aromatic rings. The molecule has 22 heavy (non-hydrogen) atoms. The molecule has 6 nitrogen and oxygen atoms in total. The smallest absolute Gasteiger partial charge is 0.356 e. The molecular formula is C16H25N4O2+. The van der Waals surface area contributed by atoms with Crippen molar-refractivity contribution in [3.63, 3.8) is 0 Å². The van der Waals surface area contributed by atoms with Gasteiger partial charge in [0.15, 0.2) is 6.54 Å². The van der Waals surface area contributed by atoms with Crippen LogP contribution in [0.5, 0.6) is 0 Å². The van der Waals surface area contributed by atoms with Crippen molar-refractivity contribution in [1.29, 1.82) is 0 Å². The zero-order chi connectivity index (χ0) is 16.1. The number of hydrogen-bond acceptors (Lipinski definition) is 4. The number of rotatable bonds is 7. The number of fused-ring (bicyclic) bond motifs is 1. The Hall–Kier alpha value is -2.08. The second-order valence-electron chi connectivity index (χ2n) is 5.19. The third-order valence-electron chi connectivity index (χ3n) is 4.07. The van der Waals surface area contributed by atoms with E-state index in [-0.39, 0.29) is 12.5 Å². The van der Waals surface area contributed by atoms with Crippen molar-refractivity contribution in [3.05, 3.63) is 24.3 Å². The molecule has 0 amide bonds. The molecule has 0 spiro atoms. The summed E-state index contributed by atoms with van der Waals surface area (Å²) in [7, 11) is 1.39. The van der Waals surface area contributed by atoms with Gasteiger partial charge in [-0.15, -0.1) is 0 Å². The van der Waals surface area contributed by atoms with E-state index in [0.717, 1.165) is 37.2 Å². The highest BCUT2D eigenvalue weighted by Crippen LogP contribution is 2.16. The minimum absolute atomic E-state index is 0.126. The predicted molar refractivity (Wildman–Crippen MR) is 86.3 cm³/mol. The van der Waals surface area contributed by atoms with Crippen molar-refractivity contribution in [3.8, 4) is 0 Å². The van der Waals surface area contributed by atoms with Crippen molar-refractivity contribution in [1.82, 2.24) is 9.47 Å². The molecule has 0 radical (unpaired) electrons. The molecule has 0 bridgehead atoms. The number of benzene rings is 1. The van der Waals surface area contributed by atoms with E-state index in [2.05, 4.69) is 23.3 Å². The third-order valence-corrected chi connectivity index (χ3v) is 4.07. The van der Waals surface area contributed by atoms with Gasteiger partial charge in [-0.05, 0) is 25.2 Å². The Labute approximate surface area is 131 Å². The molecule has 0 fully saturated rings. The van der Waals surface area contributed by atoms with Gasteiger partial charge in [0.1, 0.15) is 11.0 Å². The van der Waals surface area contributed by atoms with E-state index >= 15 is 0 Å². The lowest BCUT2D eigenvalue weighted by atomic mass is 10.3. The van der Waals surface area contributed by atoms with E-state index < -0.39 is 0 Å². The lowest BCUT2D eigenvalue weighted by Crippen LogP contribution is -2.41. The van der Waals surface area contributed by atoms with E-state index in [1.807, 2.05) is 28.8 Å². The minimum Gasteiger partial charge on any atom is -0.467 e. The molecule has 0 unspecified atom stereocenters. The van der Waals surface area contributed by atoms with E-state index in [1.54, 1.807) is 0 Å². The average molecular weight is 305 g/mol. The van der Waals surface area contributed by atoms with E-state index in [0.29, 0.717) is 5.95 Å². The summed E-state index contributed by atoms with van der Waals surface area (Å²) in [5, 5.41) is 0. The Kier molecular flexibility index (Phi) is 5.38. The van der Waals surface area contributed by atoms with Gasteiger partial charge < -0.3 is 9.64 Å². The molecule has 1 aromatic heterocycles. The summed E-state index contributed by atoms with van der Waals surface area (Å²) in [4.78, 5) is 14.0. The summed E-state index contributed by atoms with van der Waals surface area (Å²) >= 11 is 0. The number of ether oxygens (including phenoxy) is 1. The van der Waals surface area contributed by atoms with Gasteiger partial charge in [-0.25, -0.2) is 13.9 Å². The maximum Gasteiger partial charge on any atom is 0.356 e. The first kappa shape index (κ1) is 16.3. The summed E-state index contributed by atoms with van der Waals surface area (Å²) in [6.45, 7) is 8.17. The molecular weight excluding hydrogens is 280 g/mol. The first-order chi connectivity index (χ1) is 10.6. The Bertz CT molecular complexity index is 647. The van der Waals surface area contributed by atoms with Crippen LogP contribution < -0.4 is 10.3 Å². The summed E-state index contributed by atoms with van der Waals surface area (Å²) in [6.07, 6.45) is 0. The van der Waals surface area contributed by atoms with Crippen LogP contribution in [-0.4, -0.2) is 42.2 Å². The lowest BCUT2D eigenvalue weighted by Gasteiger charge is -2.17. The van der Waals surface area contributed by atoms with Crippen LogP contribution in [-0.2, 0) is 22.6 Å². The second kappa shape index (κ2) is 7.26. The van der Waals surface area contributed by atoms with Gasteiger partial charge in [0.05, 0.1) is 13.7 Å². The molecule has 6 heteroatoms. The van der Waals surface area contributed by atoms with Crippen molar-refractivity contribution < 1.29 is 14.1 Å². The monoisotopic (exact) mass is 305 g/mol. The van der Waals surface area contributed by atoms with Crippen LogP contribution in [0.25, 0.3) is 11.0 Å². The molecule has 0 aliphatic rings. The van der Waals surface area contributed by atoms with Gasteiger partial charge >= 0.3 is 11.9 Å². The Balaban J connectivity index is 2.37. The van der Waals surface area contributed by atoms with Gasteiger partial charge in [0.25, 0.3) is 0 Å². The normalized spacial score (nSPS) is 11.3. The maximum atomic E-state index is 11.6. The summed E-state index contributed by atoms with van der Waals surface area (Å²) in [5.74, 6) is 0.280. The fourth-order valence-electron chi connectivity index (χ4n) is 2.69. The highest BCUT2D eigenvalue weighted by Gasteiger charge is 2.22. The number of methoxy groups -OCH3 is 1. The number of nitrogens with two attached hydrogens (primary N) is 1. The van der Waals surface area contributed by atoms with Crippen LogP contribution in [0.2, 0.25) is 0 Å². The Morgan fingerprint density at radius 2 is 2.00 bits per heavy atom. The number of nitrogens with zero attached hydrogens (tertiary/aromatic N) is 3. The first-order valence-corrected chi connectivity index (χ1v) is 7.68. The summed E-state index contributed by atoms with van der Waals surface area (Å²) in [6, 6.07) is 7.94. The van der Waals surface area contributed by atoms with Crippen molar-refractivity contribution >= 4 is 23.0 Å². The Morgan fingerprint density at radius 1 is 1.32 bits per heavy atom. The number of para-hydroxylation sites is 2. The van der Waals surface area contributed by atoms with Crippen LogP contribution >= 0.6 is 0 Å². The molecule has 120 valence electrons. The van der Waals surface area contributed by atoms with Crippen LogP contribution in [0.1, 0.15) is 13.8 Å². The van der Waals surface area contributed by atoms with Crippen LogP contribution in [0.4, 0.5) is 5.95 Å². The first-order valence-electron chi connectivity index (χ1n) is 7.68. The quantitative estimate of drug-likeness (QED) is 0.613. The zero-order valence-electron chi connectivity index (χ0n) is 13.6. The zero-order valence-corrected chi connectivity index (χ0v) is 13.6. The fourth-order valence-corrected chi connectivity index (χ4v) is 2.69. The molecule has 0 aliphatic carbocycles. The fraction of sp³-hybridized carbons (Fsp3) is 0.500. The topological polar surface area (TPSA) is 64.4 Å². The number of anilines is 1. The maximum absolute atomic E-state index is 11.6. The largest absolute Gasteiger partial charge is 0.467 e. The lowest BCUT2D eigenvalue weighted by molar-refractivity contribution is -0.645. The number of nitrogen functional groups attached to an aromatic ring is 1. The summed E-state index contributed by atoms with van der Waals surface area (Å²) in [5.41, 5.74) is 8.27. The number of hydrogen-bond donors (Lipinski definition) is 1. The highest BCUT2D eigenvalue weighted by atomic mass is 16.5. The predicted octanol–water partition coefficient (Wildman–Crippen LogP) is 1.03. The van der Waals surface area contributed by atoms with Crippen LogP contribution in [0, 0.1) is 0 Å². The minimum atomic E-state index is -0.302. The molecule has 1 heterocycles. The highest BCUT2D eigenvalue weighted by molar-refractivity contribution is 5.75. The molecule has 2 N–H and O–H groups in total. The third kappa shape index (κ3) is 3.22. The molecule has 0 saturated carbocycles. The van der Waals surface area contributed by atoms with Gasteiger partial charge in [-0.3, -0.25) is 5.73 Å². The van der Waals surface area contributed by atoms with E-state index in [9.17, 15) is 4.79 Å². The number of carbonyl (C=O) groups excluding carboxylic acids is 1. The summed E-state index contributed by atoms with van der Waals surface area (Å²) < 4.78 is 8.64. The van der Waals surface area contributed by atoms with Crippen molar-refractivity contribution in [2.75, 3.05) is 32.5 Å². The number of carbonyl (C=O) groups is 1. The van der Waals surface area contributed by atoms with Crippen LogP contribution in [0.3, 0.4) is 0 Å². The average Bonchev–Trinajstić information content (AvgIpc) is 2.81. The molecule has 2 rings (SSSR count). The van der Waals surface area contributed by atoms with Gasteiger partial charge in [-0.2, -0.15) is 0 Å². The van der Waals surface area contributed by atoms with E-state index in [4.69, 9.17) is 10.5 Å². The number of imidazole rings is 1. The number of likely N-dealkylation sites (N-methyl/N-ethyl adjacent to an activating group) is 1. The number of esters is 1. The standard InChI is InChI=1S/C16H24N4O2/c1-4-18(5-2)10-11-19-13-8-6-7-9-14(13)20(16(19)17)12-15(21)22-3/h6-9,17H,4-5,10-12H2,1-3H3/p+1. The Morgan fingerprint density at radius 3 is 2.64 bits per heavy atom.